The number of hydrogen-bond donors (Lipinski definition) is 1. The molecule has 1 atom stereocenters. The highest BCUT2D eigenvalue weighted by molar-refractivity contribution is 7.10. The van der Waals surface area contributed by atoms with Crippen molar-refractivity contribution in [2.24, 2.45) is 0 Å². The predicted molar refractivity (Wildman–Crippen MR) is 129 cm³/mol. The van der Waals surface area contributed by atoms with Gasteiger partial charge < -0.3 is 14.6 Å². The van der Waals surface area contributed by atoms with Crippen LogP contribution in [0, 0.1) is 6.92 Å². The highest BCUT2D eigenvalue weighted by Crippen LogP contribution is 2.45. The van der Waals surface area contributed by atoms with E-state index in [4.69, 9.17) is 21.1 Å². The van der Waals surface area contributed by atoms with E-state index >= 15 is 0 Å². The van der Waals surface area contributed by atoms with Crippen LogP contribution in [0.4, 0.5) is 5.69 Å². The third-order valence-corrected chi connectivity index (χ3v) is 6.81. The Hall–Kier alpha value is -3.29. The van der Waals surface area contributed by atoms with Crippen LogP contribution in [0.25, 0.3) is 5.76 Å². The van der Waals surface area contributed by atoms with Crippen molar-refractivity contribution in [1.82, 2.24) is 0 Å². The van der Waals surface area contributed by atoms with Gasteiger partial charge in [-0.15, -0.1) is 11.3 Å². The van der Waals surface area contributed by atoms with E-state index in [0.717, 1.165) is 10.4 Å². The van der Waals surface area contributed by atoms with E-state index in [1.807, 2.05) is 25.3 Å². The molecule has 4 rings (SSSR count). The molecule has 1 saturated heterocycles. The van der Waals surface area contributed by atoms with Crippen LogP contribution < -0.4 is 14.4 Å². The average Bonchev–Trinajstić information content (AvgIpc) is 3.35. The number of carbonyl (C=O) groups is 2. The number of benzene rings is 2. The quantitative estimate of drug-likeness (QED) is 0.275. The number of Topliss-reactive ketones (excluding diaryl/α,β-unsaturated/α-hetero) is 1. The number of halogens is 1. The van der Waals surface area contributed by atoms with Gasteiger partial charge in [0.1, 0.15) is 23.3 Å². The summed E-state index contributed by atoms with van der Waals surface area (Å²) in [6.45, 7) is 4.12. The molecule has 33 heavy (non-hydrogen) atoms. The largest absolute Gasteiger partial charge is 0.507 e. The number of aliphatic hydroxyl groups excluding tert-OH is 1. The molecule has 0 radical (unpaired) electrons. The SMILES string of the molecule is CCOc1cc(/C(O)=C2/C(=O)C(=O)N(c3cccc(OC)c3)C2c2sccc2C)ccc1Cl. The van der Waals surface area contributed by atoms with E-state index in [2.05, 4.69) is 0 Å². The second-order valence-corrected chi connectivity index (χ2v) is 8.77. The first kappa shape index (κ1) is 22.9. The van der Waals surface area contributed by atoms with Gasteiger partial charge in [-0.3, -0.25) is 14.5 Å². The second-order valence-electron chi connectivity index (χ2n) is 7.42. The van der Waals surface area contributed by atoms with Crippen molar-refractivity contribution in [3.8, 4) is 11.5 Å². The number of nitrogens with zero attached hydrogens (tertiary/aromatic N) is 1. The van der Waals surface area contributed by atoms with Gasteiger partial charge >= 0.3 is 0 Å². The molecule has 2 aromatic carbocycles. The second kappa shape index (κ2) is 9.29. The van der Waals surface area contributed by atoms with Gasteiger partial charge in [0.25, 0.3) is 11.7 Å². The highest BCUT2D eigenvalue weighted by Gasteiger charge is 2.48. The van der Waals surface area contributed by atoms with Gasteiger partial charge in [-0.25, -0.2) is 0 Å². The summed E-state index contributed by atoms with van der Waals surface area (Å²) in [6, 6.07) is 12.8. The molecular weight excluding hydrogens is 462 g/mol. The minimum atomic E-state index is -0.789. The molecule has 0 aliphatic carbocycles. The molecule has 8 heteroatoms. The monoisotopic (exact) mass is 483 g/mol. The number of ether oxygens (including phenoxy) is 2. The maximum Gasteiger partial charge on any atom is 0.300 e. The molecule has 2 heterocycles. The number of rotatable bonds is 6. The molecule has 1 unspecified atom stereocenters. The lowest BCUT2D eigenvalue weighted by atomic mass is 9.98. The van der Waals surface area contributed by atoms with Gasteiger partial charge in [0, 0.05) is 22.2 Å². The van der Waals surface area contributed by atoms with Crippen molar-refractivity contribution in [3.63, 3.8) is 0 Å². The summed E-state index contributed by atoms with van der Waals surface area (Å²) >= 11 is 7.61. The first-order valence-corrected chi connectivity index (χ1v) is 11.5. The summed E-state index contributed by atoms with van der Waals surface area (Å²) in [6.07, 6.45) is 0. The zero-order valence-corrected chi connectivity index (χ0v) is 19.9. The Morgan fingerprint density at radius 1 is 1.18 bits per heavy atom. The van der Waals surface area contributed by atoms with E-state index in [-0.39, 0.29) is 11.3 Å². The zero-order valence-electron chi connectivity index (χ0n) is 18.3. The molecule has 0 saturated carbocycles. The lowest BCUT2D eigenvalue weighted by Gasteiger charge is -2.25. The highest BCUT2D eigenvalue weighted by atomic mass is 35.5. The summed E-state index contributed by atoms with van der Waals surface area (Å²) in [7, 11) is 1.53. The van der Waals surface area contributed by atoms with Gasteiger partial charge in [0.05, 0.1) is 24.3 Å². The van der Waals surface area contributed by atoms with Crippen molar-refractivity contribution < 1.29 is 24.2 Å². The Morgan fingerprint density at radius 3 is 2.64 bits per heavy atom. The van der Waals surface area contributed by atoms with Crippen LogP contribution in [0.1, 0.15) is 29.0 Å². The summed E-state index contributed by atoms with van der Waals surface area (Å²) in [4.78, 5) is 28.7. The van der Waals surface area contributed by atoms with Gasteiger partial charge in [-0.2, -0.15) is 0 Å². The van der Waals surface area contributed by atoms with Crippen LogP contribution in [0.2, 0.25) is 5.02 Å². The fourth-order valence-corrected chi connectivity index (χ4v) is 5.04. The van der Waals surface area contributed by atoms with E-state index in [9.17, 15) is 14.7 Å². The van der Waals surface area contributed by atoms with Crippen LogP contribution in [0.3, 0.4) is 0 Å². The maximum atomic E-state index is 13.3. The number of methoxy groups -OCH3 is 1. The summed E-state index contributed by atoms with van der Waals surface area (Å²) in [5, 5.41) is 13.6. The zero-order chi connectivity index (χ0) is 23.7. The molecule has 1 N–H and O–H groups in total. The molecule has 0 bridgehead atoms. The number of aliphatic hydroxyl groups is 1. The van der Waals surface area contributed by atoms with Crippen molar-refractivity contribution in [2.75, 3.05) is 18.6 Å². The van der Waals surface area contributed by atoms with E-state index in [1.165, 1.54) is 23.3 Å². The van der Waals surface area contributed by atoms with Crippen molar-refractivity contribution in [1.29, 1.82) is 0 Å². The Kier molecular flexibility index (Phi) is 6.44. The van der Waals surface area contributed by atoms with Crippen molar-refractivity contribution in [3.05, 3.63) is 80.5 Å². The first-order chi connectivity index (χ1) is 15.9. The Bertz CT molecular complexity index is 1270. The fraction of sp³-hybridized carbons (Fsp3) is 0.200. The average molecular weight is 484 g/mol. The predicted octanol–water partition coefficient (Wildman–Crippen LogP) is 5.74. The lowest BCUT2D eigenvalue weighted by Crippen LogP contribution is -2.29. The number of ketones is 1. The van der Waals surface area contributed by atoms with Crippen LogP contribution in [0.5, 0.6) is 11.5 Å². The van der Waals surface area contributed by atoms with Gasteiger partial charge in [0.2, 0.25) is 0 Å². The Labute approximate surface area is 200 Å². The number of amides is 1. The van der Waals surface area contributed by atoms with E-state index in [0.29, 0.717) is 34.4 Å². The van der Waals surface area contributed by atoms with Gasteiger partial charge in [-0.1, -0.05) is 17.7 Å². The molecule has 6 nitrogen and oxygen atoms in total. The smallest absolute Gasteiger partial charge is 0.300 e. The van der Waals surface area contributed by atoms with Gasteiger partial charge in [0.15, 0.2) is 0 Å². The topological polar surface area (TPSA) is 76.1 Å². The summed E-state index contributed by atoms with van der Waals surface area (Å²) in [5.41, 5.74) is 1.76. The number of anilines is 1. The van der Waals surface area contributed by atoms with E-state index < -0.39 is 17.7 Å². The molecule has 170 valence electrons. The third kappa shape index (κ3) is 4.10. The summed E-state index contributed by atoms with van der Waals surface area (Å²) in [5.74, 6) is -0.832. The molecular formula is C25H22ClNO5S. The fourth-order valence-electron chi connectivity index (χ4n) is 3.84. The molecule has 1 aliphatic heterocycles. The molecule has 1 aliphatic rings. The van der Waals surface area contributed by atoms with Crippen LogP contribution in [0.15, 0.2) is 59.5 Å². The molecule has 1 fully saturated rings. The van der Waals surface area contributed by atoms with Crippen molar-refractivity contribution >= 4 is 46.1 Å². The van der Waals surface area contributed by atoms with Gasteiger partial charge in [-0.05, 0) is 61.2 Å². The first-order valence-electron chi connectivity index (χ1n) is 10.3. The minimum absolute atomic E-state index is 0.0122. The molecule has 3 aromatic rings. The van der Waals surface area contributed by atoms with E-state index in [1.54, 1.807) is 42.5 Å². The maximum absolute atomic E-state index is 13.3. The normalized spacial score (nSPS) is 17.5. The Morgan fingerprint density at radius 2 is 1.97 bits per heavy atom. The molecule has 1 aromatic heterocycles. The molecule has 0 spiro atoms. The third-order valence-electron chi connectivity index (χ3n) is 5.43. The van der Waals surface area contributed by atoms with Crippen LogP contribution in [-0.4, -0.2) is 30.5 Å². The number of carbonyl (C=O) groups excluding carboxylic acids is 2. The summed E-state index contributed by atoms with van der Waals surface area (Å²) < 4.78 is 10.8. The number of aryl methyl sites for hydroxylation is 1. The Balaban J connectivity index is 1.93. The molecule has 1 amide bonds. The number of hydrogen-bond acceptors (Lipinski definition) is 6. The number of thiophene rings is 1. The van der Waals surface area contributed by atoms with Crippen molar-refractivity contribution in [2.45, 2.75) is 19.9 Å². The van der Waals surface area contributed by atoms with Crippen LogP contribution in [-0.2, 0) is 9.59 Å². The minimum Gasteiger partial charge on any atom is -0.507 e. The van der Waals surface area contributed by atoms with Crippen LogP contribution >= 0.6 is 22.9 Å². The lowest BCUT2D eigenvalue weighted by molar-refractivity contribution is -0.132. The standard InChI is InChI=1S/C25H22ClNO5S/c1-4-32-19-12-15(8-9-18(19)26)22(28)20-21(24-14(2)10-11-33-24)27(25(30)23(20)29)16-6-5-7-17(13-16)31-3/h5-13,21,28H,4H2,1-3H3/b22-20-.